The molecule has 2 aromatic rings. The van der Waals surface area contributed by atoms with E-state index in [2.05, 4.69) is 5.32 Å². The summed E-state index contributed by atoms with van der Waals surface area (Å²) in [7, 11) is -3.54. The number of halogens is 1. The quantitative estimate of drug-likeness (QED) is 0.421. The Balaban J connectivity index is 2.24. The first-order chi connectivity index (χ1) is 16.8. The number of nitrogens with one attached hydrogen (secondary N) is 1. The number of sulfonamides is 1. The number of amides is 2. The molecule has 0 spiro atoms. The third kappa shape index (κ3) is 8.52. The maximum atomic E-state index is 13.4. The molecule has 2 aromatic carbocycles. The molecule has 0 saturated heterocycles. The molecule has 0 radical (unpaired) electrons. The van der Waals surface area contributed by atoms with Crippen molar-refractivity contribution in [2.45, 2.75) is 72.5 Å². The highest BCUT2D eigenvalue weighted by molar-refractivity contribution is 7.92. The average Bonchev–Trinajstić information content (AvgIpc) is 2.78. The second-order valence-electron chi connectivity index (χ2n) is 9.46. The van der Waals surface area contributed by atoms with Crippen LogP contribution in [0.3, 0.4) is 0 Å². The summed E-state index contributed by atoms with van der Waals surface area (Å²) in [6.07, 6.45) is 2.05. The summed E-state index contributed by atoms with van der Waals surface area (Å²) in [4.78, 5) is 28.0. The van der Waals surface area contributed by atoms with Gasteiger partial charge in [0.2, 0.25) is 21.8 Å². The van der Waals surface area contributed by atoms with Crippen molar-refractivity contribution >= 4 is 39.1 Å². The molecular formula is C27H38ClN3O4S. The van der Waals surface area contributed by atoms with Gasteiger partial charge in [-0.05, 0) is 75.4 Å². The van der Waals surface area contributed by atoms with E-state index >= 15 is 0 Å². The minimum absolute atomic E-state index is 0.0556. The summed E-state index contributed by atoms with van der Waals surface area (Å²) in [5, 5.41) is 3.50. The zero-order valence-corrected chi connectivity index (χ0v) is 23.6. The summed E-state index contributed by atoms with van der Waals surface area (Å²) in [5.41, 5.74) is 3.27. The van der Waals surface area contributed by atoms with E-state index in [1.54, 1.807) is 17.0 Å². The van der Waals surface area contributed by atoms with Gasteiger partial charge in [-0.2, -0.15) is 0 Å². The minimum Gasteiger partial charge on any atom is -0.352 e. The maximum absolute atomic E-state index is 13.4. The van der Waals surface area contributed by atoms with Crippen molar-refractivity contribution in [1.82, 2.24) is 10.2 Å². The predicted octanol–water partition coefficient (Wildman–Crippen LogP) is 4.84. The van der Waals surface area contributed by atoms with Crippen molar-refractivity contribution < 1.29 is 18.0 Å². The van der Waals surface area contributed by atoms with E-state index < -0.39 is 16.1 Å². The Morgan fingerprint density at radius 1 is 1.06 bits per heavy atom. The number of carbonyl (C=O) groups excluding carboxylic acids is 2. The van der Waals surface area contributed by atoms with Crippen LogP contribution in [0.4, 0.5) is 5.69 Å². The predicted molar refractivity (Wildman–Crippen MR) is 147 cm³/mol. The molecule has 9 heteroatoms. The fourth-order valence-electron chi connectivity index (χ4n) is 4.06. The van der Waals surface area contributed by atoms with Crippen molar-refractivity contribution in [3.63, 3.8) is 0 Å². The molecule has 0 unspecified atom stereocenters. The molecule has 0 aliphatic rings. The average molecular weight is 536 g/mol. The van der Waals surface area contributed by atoms with Gasteiger partial charge in [0.05, 0.1) is 11.9 Å². The molecule has 0 aromatic heterocycles. The van der Waals surface area contributed by atoms with Crippen LogP contribution in [0.5, 0.6) is 0 Å². The van der Waals surface area contributed by atoms with Gasteiger partial charge in [0.1, 0.15) is 6.04 Å². The molecule has 7 nitrogen and oxygen atoms in total. The Morgan fingerprint density at radius 3 is 2.25 bits per heavy atom. The van der Waals surface area contributed by atoms with Gasteiger partial charge in [-0.25, -0.2) is 8.42 Å². The van der Waals surface area contributed by atoms with Crippen LogP contribution >= 0.6 is 11.6 Å². The molecule has 0 bridgehead atoms. The van der Waals surface area contributed by atoms with Gasteiger partial charge in [0.15, 0.2) is 0 Å². The van der Waals surface area contributed by atoms with Crippen molar-refractivity contribution in [3.05, 3.63) is 64.2 Å². The number of aryl methyl sites for hydroxylation is 2. The molecule has 2 rings (SSSR count). The van der Waals surface area contributed by atoms with Crippen LogP contribution in [0.2, 0.25) is 5.02 Å². The van der Waals surface area contributed by atoms with Crippen LogP contribution in [0.25, 0.3) is 0 Å². The topological polar surface area (TPSA) is 86.8 Å². The third-order valence-corrected chi connectivity index (χ3v) is 7.30. The lowest BCUT2D eigenvalue weighted by molar-refractivity contribution is -0.141. The van der Waals surface area contributed by atoms with Crippen LogP contribution in [0.1, 0.15) is 56.7 Å². The van der Waals surface area contributed by atoms with E-state index in [1.807, 2.05) is 65.0 Å². The van der Waals surface area contributed by atoms with E-state index in [9.17, 15) is 18.0 Å². The van der Waals surface area contributed by atoms with Gasteiger partial charge in [-0.3, -0.25) is 13.9 Å². The van der Waals surface area contributed by atoms with Gasteiger partial charge >= 0.3 is 0 Å². The molecule has 36 heavy (non-hydrogen) atoms. The third-order valence-electron chi connectivity index (χ3n) is 5.87. The standard InChI is InChI=1S/C27H38ClN3O4S/c1-7-24(27(33)29-19(2)3)30(18-22-12-14-23(28)15-13-22)26(32)9-8-16-31(36(6,34)35)25-17-20(4)10-11-21(25)5/h10-15,17,19,24H,7-9,16,18H2,1-6H3,(H,29,33)/t24-/m0/s1. The SMILES string of the molecule is CC[C@@H](C(=O)NC(C)C)N(Cc1ccc(Cl)cc1)C(=O)CCCN(c1cc(C)ccc1C)S(C)(=O)=O. The van der Waals surface area contributed by atoms with Crippen LogP contribution < -0.4 is 9.62 Å². The summed E-state index contributed by atoms with van der Waals surface area (Å²) in [6, 6.07) is 12.1. The lowest BCUT2D eigenvalue weighted by atomic mass is 10.1. The monoisotopic (exact) mass is 535 g/mol. The van der Waals surface area contributed by atoms with E-state index in [0.717, 1.165) is 16.7 Å². The zero-order chi connectivity index (χ0) is 27.0. The van der Waals surface area contributed by atoms with Crippen LogP contribution in [0, 0.1) is 13.8 Å². The molecule has 0 aliphatic heterocycles. The highest BCUT2D eigenvalue weighted by Gasteiger charge is 2.29. The number of rotatable bonds is 12. The summed E-state index contributed by atoms with van der Waals surface area (Å²) in [5.74, 6) is -0.409. The summed E-state index contributed by atoms with van der Waals surface area (Å²) < 4.78 is 26.5. The summed E-state index contributed by atoms with van der Waals surface area (Å²) >= 11 is 6.02. The Morgan fingerprint density at radius 2 is 1.69 bits per heavy atom. The Labute approximate surface area is 220 Å². The van der Waals surface area contributed by atoms with E-state index in [4.69, 9.17) is 11.6 Å². The molecule has 0 heterocycles. The molecule has 1 atom stereocenters. The number of anilines is 1. The first-order valence-corrected chi connectivity index (χ1v) is 14.4. The fraction of sp³-hybridized carbons (Fsp3) is 0.481. The van der Waals surface area contributed by atoms with E-state index in [0.29, 0.717) is 23.6 Å². The van der Waals surface area contributed by atoms with Crippen molar-refractivity contribution in [1.29, 1.82) is 0 Å². The molecule has 2 amide bonds. The molecular weight excluding hydrogens is 498 g/mol. The second-order valence-corrected chi connectivity index (χ2v) is 11.8. The summed E-state index contributed by atoms with van der Waals surface area (Å²) in [6.45, 7) is 9.83. The lowest BCUT2D eigenvalue weighted by Crippen LogP contribution is -2.50. The van der Waals surface area contributed by atoms with Crippen LogP contribution in [-0.4, -0.2) is 50.0 Å². The number of hydrogen-bond acceptors (Lipinski definition) is 4. The molecule has 0 saturated carbocycles. The highest BCUT2D eigenvalue weighted by atomic mass is 35.5. The smallest absolute Gasteiger partial charge is 0.243 e. The largest absolute Gasteiger partial charge is 0.352 e. The Kier molecular flexibility index (Phi) is 10.8. The second kappa shape index (κ2) is 13.1. The maximum Gasteiger partial charge on any atom is 0.243 e. The Hall–Kier alpha value is -2.58. The highest BCUT2D eigenvalue weighted by Crippen LogP contribution is 2.25. The molecule has 198 valence electrons. The molecule has 0 fully saturated rings. The normalized spacial score (nSPS) is 12.3. The van der Waals surface area contributed by atoms with Gasteiger partial charge in [-0.15, -0.1) is 0 Å². The first kappa shape index (κ1) is 29.6. The zero-order valence-electron chi connectivity index (χ0n) is 22.0. The van der Waals surface area contributed by atoms with Crippen molar-refractivity contribution in [2.75, 3.05) is 17.1 Å². The van der Waals surface area contributed by atoms with Crippen molar-refractivity contribution in [2.24, 2.45) is 0 Å². The minimum atomic E-state index is -3.54. The number of carbonyl (C=O) groups is 2. The van der Waals surface area contributed by atoms with Gasteiger partial charge in [0, 0.05) is 30.6 Å². The van der Waals surface area contributed by atoms with Gasteiger partial charge < -0.3 is 10.2 Å². The number of hydrogen-bond donors (Lipinski definition) is 1. The van der Waals surface area contributed by atoms with Crippen LogP contribution in [-0.2, 0) is 26.2 Å². The first-order valence-electron chi connectivity index (χ1n) is 12.2. The van der Waals surface area contributed by atoms with E-state index in [1.165, 1.54) is 10.6 Å². The van der Waals surface area contributed by atoms with Crippen molar-refractivity contribution in [3.8, 4) is 0 Å². The number of benzene rings is 2. The molecule has 1 N–H and O–H groups in total. The fourth-order valence-corrected chi connectivity index (χ4v) is 5.20. The van der Waals surface area contributed by atoms with E-state index in [-0.39, 0.29) is 37.4 Å². The Bertz CT molecular complexity index is 1150. The van der Waals surface area contributed by atoms with Gasteiger partial charge in [0.25, 0.3) is 0 Å². The lowest BCUT2D eigenvalue weighted by Gasteiger charge is -2.31. The van der Waals surface area contributed by atoms with Gasteiger partial charge in [-0.1, -0.05) is 42.8 Å². The number of nitrogens with zero attached hydrogens (tertiary/aromatic N) is 2. The molecule has 0 aliphatic carbocycles. The van der Waals surface area contributed by atoms with Crippen LogP contribution in [0.15, 0.2) is 42.5 Å².